The average Bonchev–Trinajstić information content (AvgIpc) is 2.42. The number of halogens is 1. The van der Waals surface area contributed by atoms with Gasteiger partial charge in [-0.15, -0.1) is 0 Å². The van der Waals surface area contributed by atoms with Crippen LogP contribution in [0.4, 0.5) is 15.8 Å². The molecule has 1 N–H and O–H groups in total. The Labute approximate surface area is 111 Å². The van der Waals surface area contributed by atoms with Gasteiger partial charge in [-0.1, -0.05) is 12.1 Å². The molecule has 0 saturated heterocycles. The van der Waals surface area contributed by atoms with Crippen LogP contribution in [-0.2, 0) is 4.74 Å². The van der Waals surface area contributed by atoms with Crippen molar-refractivity contribution in [2.24, 2.45) is 0 Å². The summed E-state index contributed by atoms with van der Waals surface area (Å²) in [4.78, 5) is 11.8. The summed E-state index contributed by atoms with van der Waals surface area (Å²) in [5, 5.41) is 3.07. The molecule has 0 spiro atoms. The Hall–Kier alpha value is -2.36. The molecule has 0 aromatic heterocycles. The van der Waals surface area contributed by atoms with Gasteiger partial charge in [0.15, 0.2) is 0 Å². The summed E-state index contributed by atoms with van der Waals surface area (Å²) in [6, 6.07) is 13.0. The largest absolute Gasteiger partial charge is 0.462 e. The van der Waals surface area contributed by atoms with Crippen molar-refractivity contribution < 1.29 is 13.9 Å². The Morgan fingerprint density at radius 2 is 1.84 bits per heavy atom. The zero-order chi connectivity index (χ0) is 13.7. The molecule has 0 heterocycles. The Morgan fingerprint density at radius 1 is 1.16 bits per heavy atom. The van der Waals surface area contributed by atoms with Gasteiger partial charge in [-0.3, -0.25) is 0 Å². The van der Waals surface area contributed by atoms with Crippen molar-refractivity contribution in [2.45, 2.75) is 6.92 Å². The van der Waals surface area contributed by atoms with Gasteiger partial charge in [0.1, 0.15) is 5.82 Å². The van der Waals surface area contributed by atoms with E-state index < -0.39 is 0 Å². The molecule has 0 radical (unpaired) electrons. The lowest BCUT2D eigenvalue weighted by Gasteiger charge is -2.11. The molecule has 2 aromatic carbocycles. The van der Waals surface area contributed by atoms with Crippen molar-refractivity contribution >= 4 is 17.3 Å². The molecule has 19 heavy (non-hydrogen) atoms. The van der Waals surface area contributed by atoms with Crippen LogP contribution in [0.1, 0.15) is 17.3 Å². The van der Waals surface area contributed by atoms with Crippen LogP contribution in [0.15, 0.2) is 48.5 Å². The molecule has 0 saturated carbocycles. The lowest BCUT2D eigenvalue weighted by atomic mass is 10.1. The Morgan fingerprint density at radius 3 is 2.53 bits per heavy atom. The highest BCUT2D eigenvalue weighted by Crippen LogP contribution is 2.21. The van der Waals surface area contributed by atoms with E-state index in [1.165, 1.54) is 12.1 Å². The highest BCUT2D eigenvalue weighted by Gasteiger charge is 2.11. The smallest absolute Gasteiger partial charge is 0.340 e. The highest BCUT2D eigenvalue weighted by molar-refractivity contribution is 5.96. The Kier molecular flexibility index (Phi) is 4.13. The van der Waals surface area contributed by atoms with E-state index in [-0.39, 0.29) is 11.8 Å². The van der Waals surface area contributed by atoms with Crippen molar-refractivity contribution in [3.05, 3.63) is 59.9 Å². The maximum atomic E-state index is 12.8. The molecule has 2 aromatic rings. The van der Waals surface area contributed by atoms with E-state index in [0.717, 1.165) is 0 Å². The van der Waals surface area contributed by atoms with Gasteiger partial charge in [-0.2, -0.15) is 0 Å². The molecular weight excluding hydrogens is 245 g/mol. The first-order chi connectivity index (χ1) is 9.20. The van der Waals surface area contributed by atoms with E-state index in [0.29, 0.717) is 23.5 Å². The molecule has 0 fully saturated rings. The number of nitrogens with one attached hydrogen (secondary N) is 1. The molecule has 98 valence electrons. The van der Waals surface area contributed by atoms with Crippen LogP contribution in [0.25, 0.3) is 0 Å². The quantitative estimate of drug-likeness (QED) is 0.850. The van der Waals surface area contributed by atoms with Gasteiger partial charge < -0.3 is 10.1 Å². The second-order valence-electron chi connectivity index (χ2n) is 3.90. The van der Waals surface area contributed by atoms with Crippen LogP contribution in [0.2, 0.25) is 0 Å². The maximum Gasteiger partial charge on any atom is 0.340 e. The number of carbonyl (C=O) groups is 1. The van der Waals surface area contributed by atoms with Gasteiger partial charge in [0, 0.05) is 5.69 Å². The fraction of sp³-hybridized carbons (Fsp3) is 0.133. The third-order valence-electron chi connectivity index (χ3n) is 2.55. The molecule has 0 bridgehead atoms. The number of benzene rings is 2. The number of rotatable bonds is 4. The first-order valence-corrected chi connectivity index (χ1v) is 5.99. The molecule has 2 rings (SSSR count). The highest BCUT2D eigenvalue weighted by atomic mass is 19.1. The normalized spacial score (nSPS) is 10.0. The van der Waals surface area contributed by atoms with Crippen molar-refractivity contribution in [3.63, 3.8) is 0 Å². The number of esters is 1. The Balaban J connectivity index is 2.24. The van der Waals surface area contributed by atoms with E-state index in [2.05, 4.69) is 5.32 Å². The molecule has 3 nitrogen and oxygen atoms in total. The first kappa shape index (κ1) is 13.1. The molecular formula is C15H14FNO2. The van der Waals surface area contributed by atoms with Crippen LogP contribution in [0.3, 0.4) is 0 Å². The minimum atomic E-state index is -0.382. The number of ether oxygens (including phenoxy) is 1. The van der Waals surface area contributed by atoms with Crippen LogP contribution in [0.5, 0.6) is 0 Å². The van der Waals surface area contributed by atoms with Crippen LogP contribution in [0, 0.1) is 5.82 Å². The monoisotopic (exact) mass is 259 g/mol. The van der Waals surface area contributed by atoms with Crippen LogP contribution < -0.4 is 5.32 Å². The first-order valence-electron chi connectivity index (χ1n) is 5.99. The average molecular weight is 259 g/mol. The van der Waals surface area contributed by atoms with E-state index in [1.807, 2.05) is 6.07 Å². The van der Waals surface area contributed by atoms with Crippen molar-refractivity contribution in [2.75, 3.05) is 11.9 Å². The number of hydrogen-bond donors (Lipinski definition) is 1. The van der Waals surface area contributed by atoms with Gasteiger partial charge in [-0.25, -0.2) is 9.18 Å². The van der Waals surface area contributed by atoms with Gasteiger partial charge in [0.25, 0.3) is 0 Å². The third-order valence-corrected chi connectivity index (χ3v) is 2.55. The summed E-state index contributed by atoms with van der Waals surface area (Å²) in [5.74, 6) is -0.683. The Bertz CT molecular complexity index is 567. The molecule has 0 amide bonds. The zero-order valence-electron chi connectivity index (χ0n) is 10.5. The summed E-state index contributed by atoms with van der Waals surface area (Å²) >= 11 is 0. The topological polar surface area (TPSA) is 38.3 Å². The van der Waals surface area contributed by atoms with E-state index in [1.54, 1.807) is 37.3 Å². The fourth-order valence-electron chi connectivity index (χ4n) is 1.67. The molecule has 0 aliphatic rings. The van der Waals surface area contributed by atoms with E-state index in [9.17, 15) is 9.18 Å². The molecule has 0 atom stereocenters. The van der Waals surface area contributed by atoms with Gasteiger partial charge >= 0.3 is 5.97 Å². The predicted molar refractivity (Wildman–Crippen MR) is 72.1 cm³/mol. The molecule has 0 unspecified atom stereocenters. The minimum absolute atomic E-state index is 0.302. The predicted octanol–water partition coefficient (Wildman–Crippen LogP) is 3.75. The molecule has 0 aliphatic carbocycles. The number of hydrogen-bond acceptors (Lipinski definition) is 3. The number of carbonyl (C=O) groups excluding carboxylic acids is 1. The summed E-state index contributed by atoms with van der Waals surface area (Å²) in [5.41, 5.74) is 1.79. The SMILES string of the molecule is CCOC(=O)c1ccccc1Nc1ccc(F)cc1. The van der Waals surface area contributed by atoms with Crippen LogP contribution in [-0.4, -0.2) is 12.6 Å². The summed E-state index contributed by atoms with van der Waals surface area (Å²) < 4.78 is 17.8. The van der Waals surface area contributed by atoms with E-state index >= 15 is 0 Å². The maximum absolute atomic E-state index is 12.8. The standard InChI is InChI=1S/C15H14FNO2/c1-2-19-15(18)13-5-3-4-6-14(13)17-12-9-7-11(16)8-10-12/h3-10,17H,2H2,1H3. The second-order valence-corrected chi connectivity index (χ2v) is 3.90. The lowest BCUT2D eigenvalue weighted by molar-refractivity contribution is 0.0527. The zero-order valence-corrected chi connectivity index (χ0v) is 10.5. The molecule has 0 aliphatic heterocycles. The second kappa shape index (κ2) is 6.00. The van der Waals surface area contributed by atoms with Crippen molar-refractivity contribution in [3.8, 4) is 0 Å². The van der Waals surface area contributed by atoms with Crippen molar-refractivity contribution in [1.29, 1.82) is 0 Å². The minimum Gasteiger partial charge on any atom is -0.462 e. The molecule has 4 heteroatoms. The number of anilines is 2. The van der Waals surface area contributed by atoms with Gasteiger partial charge in [0.2, 0.25) is 0 Å². The fourth-order valence-corrected chi connectivity index (χ4v) is 1.67. The summed E-state index contributed by atoms with van der Waals surface area (Å²) in [6.07, 6.45) is 0. The van der Waals surface area contributed by atoms with Gasteiger partial charge in [-0.05, 0) is 43.3 Å². The van der Waals surface area contributed by atoms with Gasteiger partial charge in [0.05, 0.1) is 17.9 Å². The summed E-state index contributed by atoms with van der Waals surface area (Å²) in [7, 11) is 0. The lowest BCUT2D eigenvalue weighted by Crippen LogP contribution is -2.07. The van der Waals surface area contributed by atoms with E-state index in [4.69, 9.17) is 4.74 Å². The third kappa shape index (κ3) is 3.31. The van der Waals surface area contributed by atoms with Crippen molar-refractivity contribution in [1.82, 2.24) is 0 Å². The number of para-hydroxylation sites is 1. The van der Waals surface area contributed by atoms with Crippen LogP contribution >= 0.6 is 0 Å². The summed E-state index contributed by atoms with van der Waals surface area (Å²) in [6.45, 7) is 2.08.